The summed E-state index contributed by atoms with van der Waals surface area (Å²) in [5, 5.41) is 5.30. The first-order valence-electron chi connectivity index (χ1n) is 4.86. The Balaban J connectivity index is 3.11. The minimum Gasteiger partial charge on any atom is -0.465 e. The van der Waals surface area contributed by atoms with Crippen molar-refractivity contribution in [2.75, 3.05) is 12.4 Å². The van der Waals surface area contributed by atoms with Crippen molar-refractivity contribution < 1.29 is 14.3 Å². The van der Waals surface area contributed by atoms with Crippen LogP contribution in [0.1, 0.15) is 22.8 Å². The number of nitrogens with one attached hydrogen (secondary N) is 1. The molecule has 1 amide bonds. The van der Waals surface area contributed by atoms with Crippen molar-refractivity contribution in [1.29, 1.82) is 0 Å². The molecule has 0 saturated carbocycles. The van der Waals surface area contributed by atoms with Crippen LogP contribution in [-0.2, 0) is 16.1 Å². The van der Waals surface area contributed by atoms with E-state index in [1.165, 1.54) is 32.2 Å². The molecule has 0 radical (unpaired) electrons. The maximum absolute atomic E-state index is 11.3. The molecule has 1 aromatic rings. The van der Waals surface area contributed by atoms with E-state index >= 15 is 0 Å². The van der Waals surface area contributed by atoms with Gasteiger partial charge >= 0.3 is 5.97 Å². The smallest absolute Gasteiger partial charge is 0.337 e. The van der Waals surface area contributed by atoms with Gasteiger partial charge < -0.3 is 10.1 Å². The van der Waals surface area contributed by atoms with Crippen molar-refractivity contribution in [2.24, 2.45) is 5.18 Å². The second-order valence-corrected chi connectivity index (χ2v) is 3.33. The Bertz CT molecular complexity index is 457. The highest BCUT2D eigenvalue weighted by Crippen LogP contribution is 2.19. The molecule has 0 saturated heterocycles. The van der Waals surface area contributed by atoms with Crippen LogP contribution in [0.3, 0.4) is 0 Å². The first-order valence-corrected chi connectivity index (χ1v) is 4.86. The minimum absolute atomic E-state index is 0.125. The summed E-state index contributed by atoms with van der Waals surface area (Å²) in [4.78, 5) is 32.5. The fraction of sp³-hybridized carbons (Fsp3) is 0.273. The molecule has 0 spiro atoms. The van der Waals surface area contributed by atoms with E-state index in [1.54, 1.807) is 0 Å². The second-order valence-electron chi connectivity index (χ2n) is 3.33. The first-order chi connectivity index (χ1) is 8.08. The number of ether oxygens (including phenoxy) is 1. The van der Waals surface area contributed by atoms with Crippen LogP contribution in [0.2, 0.25) is 0 Å². The number of benzene rings is 1. The van der Waals surface area contributed by atoms with Gasteiger partial charge in [-0.1, -0.05) is 5.18 Å². The van der Waals surface area contributed by atoms with Crippen LogP contribution in [0.15, 0.2) is 23.4 Å². The number of anilines is 1. The molecule has 6 heteroatoms. The molecule has 90 valence electrons. The zero-order valence-corrected chi connectivity index (χ0v) is 9.52. The monoisotopic (exact) mass is 236 g/mol. The second kappa shape index (κ2) is 5.74. The lowest BCUT2D eigenvalue weighted by atomic mass is 10.1. The highest BCUT2D eigenvalue weighted by molar-refractivity contribution is 5.93. The summed E-state index contributed by atoms with van der Waals surface area (Å²) in [5.74, 6) is -0.769. The SMILES string of the molecule is COC(=O)c1ccc(NC(C)=O)c(CN=O)c1. The number of carbonyl (C=O) groups is 2. The van der Waals surface area contributed by atoms with Gasteiger partial charge in [-0.3, -0.25) is 4.79 Å². The maximum atomic E-state index is 11.3. The topological polar surface area (TPSA) is 84.8 Å². The summed E-state index contributed by atoms with van der Waals surface area (Å²) in [5.41, 5.74) is 1.24. The van der Waals surface area contributed by atoms with E-state index in [2.05, 4.69) is 15.2 Å². The molecule has 1 rings (SSSR count). The predicted molar refractivity (Wildman–Crippen MR) is 61.6 cm³/mol. The van der Waals surface area contributed by atoms with Gasteiger partial charge in [0.15, 0.2) is 0 Å². The summed E-state index contributed by atoms with van der Waals surface area (Å²) in [7, 11) is 1.27. The number of hydrogen-bond donors (Lipinski definition) is 1. The van der Waals surface area contributed by atoms with Gasteiger partial charge in [-0.15, -0.1) is 0 Å². The lowest BCUT2D eigenvalue weighted by Gasteiger charge is -2.08. The third-order valence-corrected chi connectivity index (χ3v) is 2.07. The fourth-order valence-electron chi connectivity index (χ4n) is 1.35. The zero-order valence-electron chi connectivity index (χ0n) is 9.52. The van der Waals surface area contributed by atoms with Crippen LogP contribution >= 0.6 is 0 Å². The number of hydrogen-bond acceptors (Lipinski definition) is 5. The van der Waals surface area contributed by atoms with Crippen LogP contribution in [0, 0.1) is 4.91 Å². The van der Waals surface area contributed by atoms with Crippen molar-refractivity contribution in [1.82, 2.24) is 0 Å². The Morgan fingerprint density at radius 2 is 2.12 bits per heavy atom. The van der Waals surface area contributed by atoms with Crippen LogP contribution < -0.4 is 5.32 Å². The van der Waals surface area contributed by atoms with Gasteiger partial charge in [0, 0.05) is 18.2 Å². The van der Waals surface area contributed by atoms with Gasteiger partial charge in [0.2, 0.25) is 5.91 Å². The Hall–Kier alpha value is -2.24. The summed E-state index contributed by atoms with van der Waals surface area (Å²) < 4.78 is 4.56. The number of amides is 1. The molecule has 0 aliphatic heterocycles. The van der Waals surface area contributed by atoms with E-state index < -0.39 is 5.97 Å². The van der Waals surface area contributed by atoms with Crippen LogP contribution in [-0.4, -0.2) is 19.0 Å². The third kappa shape index (κ3) is 3.37. The van der Waals surface area contributed by atoms with Crippen LogP contribution in [0.4, 0.5) is 5.69 Å². The van der Waals surface area contributed by atoms with Crippen molar-refractivity contribution in [2.45, 2.75) is 13.5 Å². The number of nitrogens with zero attached hydrogens (tertiary/aromatic N) is 1. The largest absolute Gasteiger partial charge is 0.465 e. The molecule has 6 nitrogen and oxygen atoms in total. The average Bonchev–Trinajstić information content (AvgIpc) is 2.30. The highest BCUT2D eigenvalue weighted by Gasteiger charge is 2.10. The Morgan fingerprint density at radius 1 is 1.41 bits per heavy atom. The minimum atomic E-state index is -0.508. The fourth-order valence-corrected chi connectivity index (χ4v) is 1.35. The molecule has 0 heterocycles. The highest BCUT2D eigenvalue weighted by atomic mass is 16.5. The first kappa shape index (κ1) is 12.8. The van der Waals surface area contributed by atoms with E-state index in [1.807, 2.05) is 0 Å². The number of methoxy groups -OCH3 is 1. The third-order valence-electron chi connectivity index (χ3n) is 2.07. The molecule has 0 fully saturated rings. The summed E-state index contributed by atoms with van der Waals surface area (Å²) in [6.07, 6.45) is 0. The molecule has 0 aromatic heterocycles. The van der Waals surface area contributed by atoms with Gasteiger partial charge in [-0.2, -0.15) is 4.91 Å². The van der Waals surface area contributed by atoms with Crippen LogP contribution in [0.25, 0.3) is 0 Å². The Kier molecular flexibility index (Phi) is 4.33. The van der Waals surface area contributed by atoms with E-state index in [0.717, 1.165) is 0 Å². The molecular weight excluding hydrogens is 224 g/mol. The zero-order chi connectivity index (χ0) is 12.8. The van der Waals surface area contributed by atoms with Crippen molar-refractivity contribution in [3.63, 3.8) is 0 Å². The molecule has 1 N–H and O–H groups in total. The maximum Gasteiger partial charge on any atom is 0.337 e. The van der Waals surface area contributed by atoms with Gasteiger partial charge in [0.25, 0.3) is 0 Å². The summed E-state index contributed by atoms with van der Waals surface area (Å²) in [6, 6.07) is 4.51. The van der Waals surface area contributed by atoms with Crippen molar-refractivity contribution in [3.05, 3.63) is 34.2 Å². The number of carbonyl (C=O) groups excluding carboxylic acids is 2. The predicted octanol–water partition coefficient (Wildman–Crippen LogP) is 1.70. The molecule has 0 aliphatic rings. The lowest BCUT2D eigenvalue weighted by molar-refractivity contribution is -0.114. The van der Waals surface area contributed by atoms with E-state index in [9.17, 15) is 14.5 Å². The van der Waals surface area contributed by atoms with Gasteiger partial charge in [-0.05, 0) is 18.2 Å². The molecule has 0 atom stereocenters. The number of nitroso groups, excluding NO2 is 1. The number of rotatable bonds is 4. The molecular formula is C11H12N2O4. The van der Waals surface area contributed by atoms with Gasteiger partial charge in [0.1, 0.15) is 6.54 Å². The quantitative estimate of drug-likeness (QED) is 0.636. The summed E-state index contributed by atoms with van der Waals surface area (Å²) in [6.45, 7) is 1.23. The molecule has 0 aliphatic carbocycles. The van der Waals surface area contributed by atoms with Gasteiger partial charge in [0.05, 0.1) is 12.7 Å². The normalized spacial score (nSPS) is 9.53. The lowest BCUT2D eigenvalue weighted by Crippen LogP contribution is -2.09. The molecule has 0 unspecified atom stereocenters. The van der Waals surface area contributed by atoms with E-state index in [0.29, 0.717) is 16.8 Å². The molecule has 1 aromatic carbocycles. The van der Waals surface area contributed by atoms with Gasteiger partial charge in [-0.25, -0.2) is 4.79 Å². The number of esters is 1. The van der Waals surface area contributed by atoms with E-state index in [-0.39, 0.29) is 12.5 Å². The average molecular weight is 236 g/mol. The van der Waals surface area contributed by atoms with Crippen molar-refractivity contribution in [3.8, 4) is 0 Å². The van der Waals surface area contributed by atoms with E-state index in [4.69, 9.17) is 0 Å². The van der Waals surface area contributed by atoms with Crippen LogP contribution in [0.5, 0.6) is 0 Å². The Labute approximate surface area is 97.9 Å². The Morgan fingerprint density at radius 3 is 2.65 bits per heavy atom. The molecule has 17 heavy (non-hydrogen) atoms. The molecule has 0 bridgehead atoms. The standard InChI is InChI=1S/C11H12N2O4/c1-7(14)13-10-4-3-8(11(15)17-2)5-9(10)6-12-16/h3-5H,6H2,1-2H3,(H,13,14). The van der Waals surface area contributed by atoms with Crippen molar-refractivity contribution >= 4 is 17.6 Å². The summed E-state index contributed by atoms with van der Waals surface area (Å²) >= 11 is 0.